The van der Waals surface area contributed by atoms with Crippen LogP contribution in [-0.4, -0.2) is 27.1 Å². The normalized spacial score (nSPS) is 20.9. The molecule has 0 unspecified atom stereocenters. The fourth-order valence-corrected chi connectivity index (χ4v) is 2.95. The Morgan fingerprint density at radius 3 is 2.57 bits per heavy atom. The summed E-state index contributed by atoms with van der Waals surface area (Å²) in [6.45, 7) is 3.01. The molecule has 1 saturated carbocycles. The van der Waals surface area contributed by atoms with E-state index in [9.17, 15) is 9.18 Å². The fourth-order valence-electron chi connectivity index (χ4n) is 2.95. The second-order valence-corrected chi connectivity index (χ2v) is 5.84. The van der Waals surface area contributed by atoms with E-state index in [1.54, 1.807) is 0 Å². The van der Waals surface area contributed by atoms with Crippen molar-refractivity contribution in [1.82, 2.24) is 20.5 Å². The lowest BCUT2D eigenvalue weighted by atomic mass is 9.85. The molecule has 1 fully saturated rings. The number of nitrogens with one attached hydrogen (secondary N) is 2. The first kappa shape index (κ1) is 15.4. The maximum absolute atomic E-state index is 12.7. The van der Waals surface area contributed by atoms with Gasteiger partial charge in [0.15, 0.2) is 11.7 Å². The number of hydrogen-bond donors (Lipinski definition) is 2. The molecule has 0 saturated heterocycles. The Hall–Kier alpha value is -2.50. The summed E-state index contributed by atoms with van der Waals surface area (Å²) in [5.74, 6) is 0.226. The van der Waals surface area contributed by atoms with E-state index in [-0.39, 0.29) is 6.04 Å². The van der Waals surface area contributed by atoms with Crippen LogP contribution >= 0.6 is 0 Å². The second kappa shape index (κ2) is 6.73. The number of nitrogens with zero attached hydrogens (tertiary/aromatic N) is 2. The molecule has 0 spiro atoms. The average molecular weight is 314 g/mol. The number of carbonyl (C=O) groups excluding carboxylic acids is 1. The van der Waals surface area contributed by atoms with E-state index in [2.05, 4.69) is 27.1 Å². The number of carbonyl (C=O) groups is 1. The molecule has 23 heavy (non-hydrogen) atoms. The molecule has 0 radical (unpaired) electrons. The molecule has 2 aromatic rings. The molecule has 2 N–H and O–H groups in total. The molecule has 3 rings (SSSR count). The lowest BCUT2D eigenvalue weighted by molar-refractivity contribution is -0.119. The first-order valence-corrected chi connectivity index (χ1v) is 7.76. The van der Waals surface area contributed by atoms with E-state index < -0.39 is 11.7 Å². The van der Waals surface area contributed by atoms with Crippen LogP contribution < -0.4 is 5.32 Å². The number of aromatic amines is 1. The minimum atomic E-state index is -0.935. The average Bonchev–Trinajstić information content (AvgIpc) is 3.06. The molecule has 1 aliphatic rings. The zero-order chi connectivity index (χ0) is 16.2. The zero-order valence-electron chi connectivity index (χ0n) is 12.8. The highest BCUT2D eigenvalue weighted by Crippen LogP contribution is 2.31. The standard InChI is InChI=1S/C17H19FN4O/c1-11(18)17(23)19-14-9-7-13(8-10-14)16-20-15(21-22-16)12-5-3-2-4-6-12/h2-6,13-14H,1,7-10H2,(H,19,23)(H,20,21,22). The van der Waals surface area contributed by atoms with Crippen molar-refractivity contribution in [3.63, 3.8) is 0 Å². The molecule has 1 aliphatic carbocycles. The number of H-pyrrole nitrogens is 1. The van der Waals surface area contributed by atoms with Gasteiger partial charge in [-0.1, -0.05) is 36.9 Å². The van der Waals surface area contributed by atoms with Gasteiger partial charge in [0.1, 0.15) is 5.82 Å². The van der Waals surface area contributed by atoms with Crippen molar-refractivity contribution in [2.75, 3.05) is 0 Å². The maximum atomic E-state index is 12.7. The molecule has 0 aliphatic heterocycles. The van der Waals surface area contributed by atoms with Gasteiger partial charge < -0.3 is 5.32 Å². The number of amides is 1. The summed E-state index contributed by atoms with van der Waals surface area (Å²) in [4.78, 5) is 15.9. The third-order valence-electron chi connectivity index (χ3n) is 4.23. The van der Waals surface area contributed by atoms with E-state index in [0.29, 0.717) is 11.7 Å². The van der Waals surface area contributed by atoms with Gasteiger partial charge in [0.25, 0.3) is 5.91 Å². The topological polar surface area (TPSA) is 70.7 Å². The third-order valence-corrected chi connectivity index (χ3v) is 4.23. The molecule has 1 amide bonds. The summed E-state index contributed by atoms with van der Waals surface area (Å²) in [7, 11) is 0. The minimum Gasteiger partial charge on any atom is -0.347 e. The van der Waals surface area contributed by atoms with E-state index in [0.717, 1.165) is 37.1 Å². The summed E-state index contributed by atoms with van der Waals surface area (Å²) in [5, 5.41) is 9.97. The van der Waals surface area contributed by atoms with Crippen LogP contribution in [0.2, 0.25) is 0 Å². The Kier molecular flexibility index (Phi) is 4.50. The van der Waals surface area contributed by atoms with Crippen molar-refractivity contribution in [1.29, 1.82) is 0 Å². The lowest BCUT2D eigenvalue weighted by Crippen LogP contribution is -2.37. The van der Waals surface area contributed by atoms with Crippen molar-refractivity contribution in [3.8, 4) is 11.4 Å². The minimum absolute atomic E-state index is 0.00256. The van der Waals surface area contributed by atoms with Crippen LogP contribution in [0.15, 0.2) is 42.7 Å². The van der Waals surface area contributed by atoms with Crippen LogP contribution in [0.3, 0.4) is 0 Å². The van der Waals surface area contributed by atoms with Gasteiger partial charge in [-0.2, -0.15) is 5.10 Å². The smallest absolute Gasteiger partial charge is 0.279 e. The summed E-state index contributed by atoms with van der Waals surface area (Å²) in [6.07, 6.45) is 3.36. The van der Waals surface area contributed by atoms with Crippen molar-refractivity contribution >= 4 is 5.91 Å². The van der Waals surface area contributed by atoms with E-state index in [1.165, 1.54) is 0 Å². The van der Waals surface area contributed by atoms with Crippen molar-refractivity contribution in [3.05, 3.63) is 48.6 Å². The molecular formula is C17H19FN4O. The predicted molar refractivity (Wildman–Crippen MR) is 85.2 cm³/mol. The van der Waals surface area contributed by atoms with Gasteiger partial charge in [0.2, 0.25) is 0 Å². The van der Waals surface area contributed by atoms with Gasteiger partial charge in [-0.05, 0) is 25.7 Å². The van der Waals surface area contributed by atoms with Crippen LogP contribution in [0.5, 0.6) is 0 Å². The summed E-state index contributed by atoms with van der Waals surface area (Å²) >= 11 is 0. The van der Waals surface area contributed by atoms with Crippen molar-refractivity contribution < 1.29 is 9.18 Å². The SMILES string of the molecule is C=C(F)C(=O)NC1CCC(c2nc(-c3ccccc3)n[nH]2)CC1. The number of benzene rings is 1. The molecule has 120 valence electrons. The first-order valence-electron chi connectivity index (χ1n) is 7.76. The molecule has 5 nitrogen and oxygen atoms in total. The molecular weight excluding hydrogens is 295 g/mol. The molecule has 0 bridgehead atoms. The van der Waals surface area contributed by atoms with Crippen molar-refractivity contribution in [2.24, 2.45) is 0 Å². The molecule has 1 heterocycles. The van der Waals surface area contributed by atoms with E-state index in [1.807, 2.05) is 30.3 Å². The molecule has 6 heteroatoms. The lowest BCUT2D eigenvalue weighted by Gasteiger charge is -2.27. The van der Waals surface area contributed by atoms with Gasteiger partial charge in [-0.3, -0.25) is 9.89 Å². The monoisotopic (exact) mass is 314 g/mol. The van der Waals surface area contributed by atoms with Crippen LogP contribution in [-0.2, 0) is 4.79 Å². The highest BCUT2D eigenvalue weighted by Gasteiger charge is 2.26. The third kappa shape index (κ3) is 3.64. The first-order chi connectivity index (χ1) is 11.1. The summed E-state index contributed by atoms with van der Waals surface area (Å²) in [6, 6.07) is 9.82. The largest absolute Gasteiger partial charge is 0.347 e. The Balaban J connectivity index is 1.59. The van der Waals surface area contributed by atoms with Crippen LogP contribution in [0.1, 0.15) is 37.4 Å². The van der Waals surface area contributed by atoms with Crippen LogP contribution in [0.4, 0.5) is 4.39 Å². The van der Waals surface area contributed by atoms with E-state index in [4.69, 9.17) is 0 Å². The Bertz CT molecular complexity index is 690. The van der Waals surface area contributed by atoms with Gasteiger partial charge in [0.05, 0.1) is 0 Å². The van der Waals surface area contributed by atoms with Crippen LogP contribution in [0, 0.1) is 0 Å². The predicted octanol–water partition coefficient (Wildman–Crippen LogP) is 3.10. The Morgan fingerprint density at radius 1 is 1.22 bits per heavy atom. The second-order valence-electron chi connectivity index (χ2n) is 5.84. The fraction of sp³-hybridized carbons (Fsp3) is 0.353. The Morgan fingerprint density at radius 2 is 1.91 bits per heavy atom. The highest BCUT2D eigenvalue weighted by atomic mass is 19.1. The number of halogens is 1. The number of aromatic nitrogens is 3. The van der Waals surface area contributed by atoms with Gasteiger partial charge in [0, 0.05) is 17.5 Å². The summed E-state index contributed by atoms with van der Waals surface area (Å²) in [5.41, 5.74) is 0.984. The van der Waals surface area contributed by atoms with Crippen LogP contribution in [0.25, 0.3) is 11.4 Å². The Labute approximate surface area is 134 Å². The highest BCUT2D eigenvalue weighted by molar-refractivity contribution is 5.90. The quantitative estimate of drug-likeness (QED) is 0.852. The maximum Gasteiger partial charge on any atom is 0.279 e. The number of rotatable bonds is 4. The molecule has 1 aromatic heterocycles. The van der Waals surface area contributed by atoms with Crippen molar-refractivity contribution in [2.45, 2.75) is 37.6 Å². The van der Waals surface area contributed by atoms with Gasteiger partial charge in [-0.15, -0.1) is 0 Å². The van der Waals surface area contributed by atoms with E-state index >= 15 is 0 Å². The number of hydrogen-bond acceptors (Lipinski definition) is 3. The summed E-state index contributed by atoms with van der Waals surface area (Å²) < 4.78 is 12.7. The molecule has 1 aromatic carbocycles. The molecule has 0 atom stereocenters. The zero-order valence-corrected chi connectivity index (χ0v) is 12.8. The van der Waals surface area contributed by atoms with Gasteiger partial charge in [-0.25, -0.2) is 9.37 Å². The van der Waals surface area contributed by atoms with Gasteiger partial charge >= 0.3 is 0 Å².